The highest BCUT2D eigenvalue weighted by atomic mass is 16.3. The van der Waals surface area contributed by atoms with E-state index in [1.165, 1.54) is 6.08 Å². The molecule has 0 bridgehead atoms. The van der Waals surface area contributed by atoms with Gasteiger partial charge in [0.2, 0.25) is 0 Å². The number of hydrogen-bond acceptors (Lipinski definition) is 2. The Labute approximate surface area is 71.8 Å². The summed E-state index contributed by atoms with van der Waals surface area (Å²) in [5, 5.41) is 18.7. The minimum Gasteiger partial charge on any atom is -0.386 e. The molecule has 0 saturated carbocycles. The molecule has 12 heavy (non-hydrogen) atoms. The molecule has 1 aromatic rings. The van der Waals surface area contributed by atoms with E-state index in [9.17, 15) is 10.2 Å². The third-order valence-corrected chi connectivity index (χ3v) is 1.71. The van der Waals surface area contributed by atoms with E-state index in [0.29, 0.717) is 5.56 Å². The number of aliphatic hydroxyl groups excluding tert-OH is 2. The molecule has 0 aliphatic heterocycles. The Balaban J connectivity index is 2.78. The lowest BCUT2D eigenvalue weighted by Crippen LogP contribution is -2.14. The van der Waals surface area contributed by atoms with Crippen LogP contribution >= 0.6 is 0 Å². The highest BCUT2D eigenvalue weighted by molar-refractivity contribution is 5.19. The van der Waals surface area contributed by atoms with E-state index < -0.39 is 12.2 Å². The van der Waals surface area contributed by atoms with Crippen molar-refractivity contribution in [2.45, 2.75) is 12.2 Å². The van der Waals surface area contributed by atoms with Gasteiger partial charge in [0.25, 0.3) is 0 Å². The molecule has 0 fully saturated rings. The normalized spacial score (nSPS) is 15.2. The van der Waals surface area contributed by atoms with Crippen molar-refractivity contribution < 1.29 is 10.2 Å². The molecule has 0 saturated heterocycles. The fourth-order valence-electron chi connectivity index (χ4n) is 0.976. The van der Waals surface area contributed by atoms with Gasteiger partial charge in [-0.2, -0.15) is 0 Å². The predicted molar refractivity (Wildman–Crippen MR) is 47.6 cm³/mol. The van der Waals surface area contributed by atoms with Crippen LogP contribution in [0.2, 0.25) is 0 Å². The first-order chi connectivity index (χ1) is 5.75. The van der Waals surface area contributed by atoms with E-state index >= 15 is 0 Å². The highest BCUT2D eigenvalue weighted by Gasteiger charge is 2.13. The van der Waals surface area contributed by atoms with Gasteiger partial charge in [0.1, 0.15) is 12.2 Å². The Morgan fingerprint density at radius 1 is 1.17 bits per heavy atom. The van der Waals surface area contributed by atoms with Gasteiger partial charge in [0, 0.05) is 0 Å². The molecular weight excluding hydrogens is 152 g/mol. The van der Waals surface area contributed by atoms with Crippen LogP contribution in [-0.4, -0.2) is 16.3 Å². The van der Waals surface area contributed by atoms with Gasteiger partial charge in [-0.3, -0.25) is 0 Å². The van der Waals surface area contributed by atoms with E-state index in [1.807, 2.05) is 18.2 Å². The lowest BCUT2D eigenvalue weighted by molar-refractivity contribution is 0.0485. The SMILES string of the molecule is C=C[C@H](O)[C@H](O)c1ccccc1. The van der Waals surface area contributed by atoms with E-state index in [-0.39, 0.29) is 0 Å². The second-order valence-corrected chi connectivity index (χ2v) is 2.58. The Kier molecular flexibility index (Phi) is 3.02. The molecule has 1 rings (SSSR count). The van der Waals surface area contributed by atoms with Gasteiger partial charge in [-0.25, -0.2) is 0 Å². The molecule has 0 heterocycles. The number of hydrogen-bond donors (Lipinski definition) is 2. The minimum absolute atomic E-state index is 0.699. The van der Waals surface area contributed by atoms with Gasteiger partial charge in [-0.1, -0.05) is 36.4 Å². The Bertz CT molecular complexity index is 243. The first-order valence-electron chi connectivity index (χ1n) is 3.79. The van der Waals surface area contributed by atoms with Gasteiger partial charge in [-0.05, 0) is 5.56 Å². The average molecular weight is 164 g/mol. The zero-order chi connectivity index (χ0) is 8.97. The fraction of sp³-hybridized carbons (Fsp3) is 0.200. The summed E-state index contributed by atoms with van der Waals surface area (Å²) in [6.07, 6.45) is -0.450. The second-order valence-electron chi connectivity index (χ2n) is 2.58. The molecule has 1 aromatic carbocycles. The maximum atomic E-state index is 9.47. The first-order valence-corrected chi connectivity index (χ1v) is 3.79. The highest BCUT2D eigenvalue weighted by Crippen LogP contribution is 2.16. The summed E-state index contributed by atoms with van der Waals surface area (Å²) < 4.78 is 0. The summed E-state index contributed by atoms with van der Waals surface area (Å²) in [5.41, 5.74) is 0.699. The van der Waals surface area contributed by atoms with Crippen LogP contribution in [0.25, 0.3) is 0 Å². The van der Waals surface area contributed by atoms with Crippen LogP contribution in [0, 0.1) is 0 Å². The maximum Gasteiger partial charge on any atom is 0.108 e. The van der Waals surface area contributed by atoms with Crippen LogP contribution in [-0.2, 0) is 0 Å². The lowest BCUT2D eigenvalue weighted by atomic mass is 10.1. The molecule has 2 nitrogen and oxygen atoms in total. The predicted octanol–water partition coefficient (Wildman–Crippen LogP) is 1.27. The molecule has 2 N–H and O–H groups in total. The first kappa shape index (κ1) is 8.97. The summed E-state index contributed by atoms with van der Waals surface area (Å²) >= 11 is 0. The largest absolute Gasteiger partial charge is 0.386 e. The smallest absolute Gasteiger partial charge is 0.108 e. The molecule has 2 atom stereocenters. The van der Waals surface area contributed by atoms with E-state index in [2.05, 4.69) is 6.58 Å². The molecule has 2 heteroatoms. The maximum absolute atomic E-state index is 9.47. The lowest BCUT2D eigenvalue weighted by Gasteiger charge is -2.13. The number of benzene rings is 1. The third-order valence-electron chi connectivity index (χ3n) is 1.71. The zero-order valence-corrected chi connectivity index (χ0v) is 6.72. The van der Waals surface area contributed by atoms with E-state index in [1.54, 1.807) is 12.1 Å². The summed E-state index contributed by atoms with van der Waals surface area (Å²) in [5.74, 6) is 0. The Hall–Kier alpha value is -1.12. The van der Waals surface area contributed by atoms with Crippen molar-refractivity contribution in [2.24, 2.45) is 0 Å². The summed E-state index contributed by atoms with van der Waals surface area (Å²) in [7, 11) is 0. The molecule has 0 aliphatic carbocycles. The van der Waals surface area contributed by atoms with Crippen LogP contribution in [0.5, 0.6) is 0 Å². The fourth-order valence-corrected chi connectivity index (χ4v) is 0.976. The van der Waals surface area contributed by atoms with Crippen molar-refractivity contribution in [3.05, 3.63) is 48.6 Å². The van der Waals surface area contributed by atoms with Gasteiger partial charge >= 0.3 is 0 Å². The zero-order valence-electron chi connectivity index (χ0n) is 6.72. The van der Waals surface area contributed by atoms with Crippen molar-refractivity contribution in [3.63, 3.8) is 0 Å². The quantitative estimate of drug-likeness (QED) is 0.660. The topological polar surface area (TPSA) is 40.5 Å². The molecule has 64 valence electrons. The standard InChI is InChI=1S/C10H12O2/c1-2-9(11)10(12)8-6-4-3-5-7-8/h2-7,9-12H,1H2/t9-,10+/m0/s1. The molecule has 0 aromatic heterocycles. The molecule has 0 radical (unpaired) electrons. The molecule has 0 aliphatic rings. The summed E-state index contributed by atoms with van der Waals surface area (Å²) in [4.78, 5) is 0. The molecule has 0 amide bonds. The Morgan fingerprint density at radius 2 is 1.75 bits per heavy atom. The number of aliphatic hydroxyl groups is 2. The van der Waals surface area contributed by atoms with Crippen molar-refractivity contribution in [1.82, 2.24) is 0 Å². The van der Waals surface area contributed by atoms with Crippen LogP contribution in [0.4, 0.5) is 0 Å². The van der Waals surface area contributed by atoms with Crippen LogP contribution < -0.4 is 0 Å². The monoisotopic (exact) mass is 164 g/mol. The minimum atomic E-state index is -0.896. The molecule has 0 spiro atoms. The van der Waals surface area contributed by atoms with Crippen LogP contribution in [0.1, 0.15) is 11.7 Å². The number of rotatable bonds is 3. The molecular formula is C10H12O2. The Morgan fingerprint density at radius 3 is 2.25 bits per heavy atom. The van der Waals surface area contributed by atoms with E-state index in [0.717, 1.165) is 0 Å². The average Bonchev–Trinajstić information content (AvgIpc) is 2.17. The van der Waals surface area contributed by atoms with Crippen LogP contribution in [0.3, 0.4) is 0 Å². The second kappa shape index (κ2) is 4.04. The van der Waals surface area contributed by atoms with Gasteiger partial charge in [0.15, 0.2) is 0 Å². The summed E-state index contributed by atoms with van der Waals surface area (Å²) in [6.45, 7) is 3.40. The van der Waals surface area contributed by atoms with Crippen molar-refractivity contribution in [3.8, 4) is 0 Å². The van der Waals surface area contributed by atoms with E-state index in [4.69, 9.17) is 0 Å². The van der Waals surface area contributed by atoms with Crippen molar-refractivity contribution in [2.75, 3.05) is 0 Å². The van der Waals surface area contributed by atoms with Gasteiger partial charge in [-0.15, -0.1) is 6.58 Å². The van der Waals surface area contributed by atoms with Crippen LogP contribution in [0.15, 0.2) is 43.0 Å². The van der Waals surface area contributed by atoms with Crippen molar-refractivity contribution >= 4 is 0 Å². The van der Waals surface area contributed by atoms with Gasteiger partial charge < -0.3 is 10.2 Å². The summed E-state index contributed by atoms with van der Waals surface area (Å²) in [6, 6.07) is 9.01. The third kappa shape index (κ3) is 1.94. The molecule has 0 unspecified atom stereocenters. The van der Waals surface area contributed by atoms with Crippen molar-refractivity contribution in [1.29, 1.82) is 0 Å². The van der Waals surface area contributed by atoms with Gasteiger partial charge in [0.05, 0.1) is 0 Å².